The predicted octanol–water partition coefficient (Wildman–Crippen LogP) is 4.32. The summed E-state index contributed by atoms with van der Waals surface area (Å²) in [6.45, 7) is 12.2. The molecule has 0 fully saturated rings. The van der Waals surface area contributed by atoms with E-state index in [1.807, 2.05) is 0 Å². The van der Waals surface area contributed by atoms with Crippen molar-refractivity contribution >= 4 is 0 Å². The Balaban J connectivity index is 2.74. The number of aryl methyl sites for hydroxylation is 1. The van der Waals surface area contributed by atoms with Gasteiger partial charge in [0.25, 0.3) is 0 Å². The van der Waals surface area contributed by atoms with Crippen LogP contribution in [0.4, 0.5) is 0 Å². The fraction of sp³-hybridized carbons (Fsp3) is 0.733. The average Bonchev–Trinajstić information content (AvgIpc) is 2.71. The van der Waals surface area contributed by atoms with Gasteiger partial charge in [0, 0.05) is 6.42 Å². The first kappa shape index (κ1) is 14.3. The molecule has 17 heavy (non-hydrogen) atoms. The molecule has 0 aliphatic carbocycles. The maximum absolute atomic E-state index is 5.88. The van der Waals surface area contributed by atoms with Crippen molar-refractivity contribution in [2.45, 2.75) is 59.9 Å². The summed E-state index contributed by atoms with van der Waals surface area (Å²) in [6.07, 6.45) is 3.22. The molecular formula is C15H27NO. The van der Waals surface area contributed by atoms with Gasteiger partial charge in [-0.2, -0.15) is 0 Å². The van der Waals surface area contributed by atoms with Gasteiger partial charge in [0.1, 0.15) is 11.5 Å². The van der Waals surface area contributed by atoms with E-state index in [1.54, 1.807) is 0 Å². The Morgan fingerprint density at radius 1 is 1.24 bits per heavy atom. The fourth-order valence-corrected chi connectivity index (χ4v) is 1.98. The fourth-order valence-electron chi connectivity index (χ4n) is 1.98. The molecule has 1 aromatic rings. The number of nitrogens with one attached hydrogen (secondary N) is 1. The van der Waals surface area contributed by atoms with Gasteiger partial charge in [0.15, 0.2) is 0 Å². The van der Waals surface area contributed by atoms with E-state index in [4.69, 9.17) is 4.42 Å². The summed E-state index contributed by atoms with van der Waals surface area (Å²) in [5.74, 6) is 2.17. The largest absolute Gasteiger partial charge is 0.464 e. The van der Waals surface area contributed by atoms with Crippen LogP contribution in [0.15, 0.2) is 16.5 Å². The van der Waals surface area contributed by atoms with Crippen LogP contribution in [0.3, 0.4) is 0 Å². The first-order chi connectivity index (χ1) is 7.96. The molecule has 0 bridgehead atoms. The normalized spacial score (nSPS) is 13.9. The topological polar surface area (TPSA) is 25.2 Å². The second kappa shape index (κ2) is 6.25. The zero-order valence-electron chi connectivity index (χ0n) is 12.0. The van der Waals surface area contributed by atoms with Crippen LogP contribution in [0.25, 0.3) is 0 Å². The van der Waals surface area contributed by atoms with E-state index in [2.05, 4.69) is 52.1 Å². The maximum Gasteiger partial charge on any atom is 0.121 e. The summed E-state index contributed by atoms with van der Waals surface area (Å²) in [5.41, 5.74) is 0.310. The summed E-state index contributed by atoms with van der Waals surface area (Å²) in [5, 5.41) is 3.59. The molecule has 0 saturated heterocycles. The summed E-state index contributed by atoms with van der Waals surface area (Å²) in [4.78, 5) is 0. The van der Waals surface area contributed by atoms with Crippen molar-refractivity contribution in [3.63, 3.8) is 0 Å². The molecule has 0 aliphatic rings. The SMILES string of the molecule is CCCNC(CC(C)(C)C)c1ccc(CC)o1. The third kappa shape index (κ3) is 4.95. The summed E-state index contributed by atoms with van der Waals surface area (Å²) < 4.78 is 5.88. The summed E-state index contributed by atoms with van der Waals surface area (Å²) in [7, 11) is 0. The van der Waals surface area contributed by atoms with E-state index in [0.717, 1.165) is 37.3 Å². The Kier molecular flexibility index (Phi) is 5.26. The van der Waals surface area contributed by atoms with Crippen LogP contribution in [0, 0.1) is 5.41 Å². The van der Waals surface area contributed by atoms with Crippen LogP contribution in [-0.2, 0) is 6.42 Å². The number of furan rings is 1. The van der Waals surface area contributed by atoms with Gasteiger partial charge in [-0.3, -0.25) is 0 Å². The van der Waals surface area contributed by atoms with Crippen LogP contribution in [0.1, 0.15) is 65.0 Å². The van der Waals surface area contributed by atoms with E-state index in [9.17, 15) is 0 Å². The highest BCUT2D eigenvalue weighted by Crippen LogP contribution is 2.30. The molecule has 0 saturated carbocycles. The minimum atomic E-state index is 0.310. The Hall–Kier alpha value is -0.760. The van der Waals surface area contributed by atoms with Crippen molar-refractivity contribution in [2.75, 3.05) is 6.54 Å². The van der Waals surface area contributed by atoms with Gasteiger partial charge in [-0.25, -0.2) is 0 Å². The second-order valence-electron chi connectivity index (χ2n) is 5.93. The molecule has 2 heteroatoms. The van der Waals surface area contributed by atoms with Gasteiger partial charge in [-0.1, -0.05) is 34.6 Å². The predicted molar refractivity (Wildman–Crippen MR) is 73.2 cm³/mol. The molecule has 1 aromatic heterocycles. The zero-order valence-corrected chi connectivity index (χ0v) is 12.0. The highest BCUT2D eigenvalue weighted by atomic mass is 16.3. The summed E-state index contributed by atoms with van der Waals surface area (Å²) in [6, 6.07) is 4.56. The smallest absolute Gasteiger partial charge is 0.121 e. The van der Waals surface area contributed by atoms with Gasteiger partial charge >= 0.3 is 0 Å². The van der Waals surface area contributed by atoms with Crippen molar-refractivity contribution in [3.8, 4) is 0 Å². The van der Waals surface area contributed by atoms with Crippen LogP contribution in [0.5, 0.6) is 0 Å². The van der Waals surface area contributed by atoms with Crippen molar-refractivity contribution in [2.24, 2.45) is 5.41 Å². The van der Waals surface area contributed by atoms with Gasteiger partial charge in [0.2, 0.25) is 0 Å². The quantitative estimate of drug-likeness (QED) is 0.797. The molecule has 1 unspecified atom stereocenters. The molecule has 1 N–H and O–H groups in total. The third-order valence-electron chi connectivity index (χ3n) is 2.83. The Bertz CT molecular complexity index is 322. The van der Waals surface area contributed by atoms with E-state index >= 15 is 0 Å². The minimum Gasteiger partial charge on any atom is -0.464 e. The van der Waals surface area contributed by atoms with Crippen LogP contribution < -0.4 is 5.32 Å². The third-order valence-corrected chi connectivity index (χ3v) is 2.83. The van der Waals surface area contributed by atoms with Crippen molar-refractivity contribution in [3.05, 3.63) is 23.7 Å². The molecule has 2 nitrogen and oxygen atoms in total. The Labute approximate surface area is 106 Å². The standard InChI is InChI=1S/C15H27NO/c1-6-10-16-13(11-15(3,4)5)14-9-8-12(7-2)17-14/h8-9,13,16H,6-7,10-11H2,1-5H3. The molecule has 0 radical (unpaired) electrons. The van der Waals surface area contributed by atoms with E-state index in [1.165, 1.54) is 0 Å². The lowest BCUT2D eigenvalue weighted by atomic mass is 9.87. The second-order valence-corrected chi connectivity index (χ2v) is 5.93. The first-order valence-corrected chi connectivity index (χ1v) is 6.78. The highest BCUT2D eigenvalue weighted by molar-refractivity contribution is 5.11. The molecule has 0 amide bonds. The molecule has 1 rings (SSSR count). The molecule has 0 aliphatic heterocycles. The number of hydrogen-bond donors (Lipinski definition) is 1. The molecule has 1 atom stereocenters. The van der Waals surface area contributed by atoms with Crippen LogP contribution in [0.2, 0.25) is 0 Å². The lowest BCUT2D eigenvalue weighted by Gasteiger charge is -2.25. The average molecular weight is 237 g/mol. The first-order valence-electron chi connectivity index (χ1n) is 6.78. The molecule has 0 spiro atoms. The molecule has 98 valence electrons. The van der Waals surface area contributed by atoms with Crippen molar-refractivity contribution < 1.29 is 4.42 Å². The lowest BCUT2D eigenvalue weighted by molar-refractivity contribution is 0.280. The van der Waals surface area contributed by atoms with Crippen LogP contribution in [-0.4, -0.2) is 6.54 Å². The van der Waals surface area contributed by atoms with Gasteiger partial charge in [-0.15, -0.1) is 0 Å². The number of rotatable bonds is 6. The van der Waals surface area contributed by atoms with Crippen molar-refractivity contribution in [1.82, 2.24) is 5.32 Å². The Morgan fingerprint density at radius 2 is 1.94 bits per heavy atom. The van der Waals surface area contributed by atoms with Gasteiger partial charge in [-0.05, 0) is 36.9 Å². The molecule has 0 aromatic carbocycles. The van der Waals surface area contributed by atoms with Crippen molar-refractivity contribution in [1.29, 1.82) is 0 Å². The zero-order chi connectivity index (χ0) is 12.9. The maximum atomic E-state index is 5.88. The highest BCUT2D eigenvalue weighted by Gasteiger charge is 2.22. The van der Waals surface area contributed by atoms with E-state index < -0.39 is 0 Å². The number of hydrogen-bond acceptors (Lipinski definition) is 2. The van der Waals surface area contributed by atoms with E-state index in [-0.39, 0.29) is 0 Å². The monoisotopic (exact) mass is 237 g/mol. The molecular weight excluding hydrogens is 210 g/mol. The summed E-state index contributed by atoms with van der Waals surface area (Å²) >= 11 is 0. The van der Waals surface area contributed by atoms with Gasteiger partial charge < -0.3 is 9.73 Å². The Morgan fingerprint density at radius 3 is 2.41 bits per heavy atom. The molecule has 1 heterocycles. The lowest BCUT2D eigenvalue weighted by Crippen LogP contribution is -2.26. The minimum absolute atomic E-state index is 0.310. The van der Waals surface area contributed by atoms with Crippen LogP contribution >= 0.6 is 0 Å². The van der Waals surface area contributed by atoms with Gasteiger partial charge in [0.05, 0.1) is 6.04 Å². The van der Waals surface area contributed by atoms with E-state index in [0.29, 0.717) is 11.5 Å².